The SMILES string of the molecule is N#Cc1ccc(CS(=O)(=O)NC2CC(O)C2)cc1. The first-order chi connectivity index (χ1) is 8.48. The van der Waals surface area contributed by atoms with Crippen molar-refractivity contribution in [2.24, 2.45) is 0 Å². The predicted molar refractivity (Wildman–Crippen MR) is 65.9 cm³/mol. The van der Waals surface area contributed by atoms with E-state index in [0.717, 1.165) is 0 Å². The van der Waals surface area contributed by atoms with Gasteiger partial charge in [0.2, 0.25) is 10.0 Å². The number of hydrogen-bond donors (Lipinski definition) is 2. The largest absolute Gasteiger partial charge is 0.393 e. The maximum Gasteiger partial charge on any atom is 0.216 e. The monoisotopic (exact) mass is 266 g/mol. The lowest BCUT2D eigenvalue weighted by Crippen LogP contribution is -2.46. The number of hydrogen-bond acceptors (Lipinski definition) is 4. The van der Waals surface area contributed by atoms with Gasteiger partial charge in [0.1, 0.15) is 0 Å². The Morgan fingerprint density at radius 2 is 1.94 bits per heavy atom. The first-order valence-corrected chi connectivity index (χ1v) is 7.31. The van der Waals surface area contributed by atoms with Crippen molar-refractivity contribution in [2.75, 3.05) is 0 Å². The number of sulfonamides is 1. The summed E-state index contributed by atoms with van der Waals surface area (Å²) in [6.45, 7) is 0. The molecular weight excluding hydrogens is 252 g/mol. The summed E-state index contributed by atoms with van der Waals surface area (Å²) in [6, 6.07) is 8.28. The van der Waals surface area contributed by atoms with Gasteiger partial charge >= 0.3 is 0 Å². The number of nitriles is 1. The highest BCUT2D eigenvalue weighted by Crippen LogP contribution is 2.20. The van der Waals surface area contributed by atoms with Crippen LogP contribution in [0.4, 0.5) is 0 Å². The molecule has 1 saturated carbocycles. The van der Waals surface area contributed by atoms with Crippen molar-refractivity contribution in [3.8, 4) is 6.07 Å². The van der Waals surface area contributed by atoms with Gasteiger partial charge in [-0.05, 0) is 30.5 Å². The number of rotatable bonds is 4. The van der Waals surface area contributed by atoms with Gasteiger partial charge in [-0.15, -0.1) is 0 Å². The third-order valence-electron chi connectivity index (χ3n) is 2.90. The van der Waals surface area contributed by atoms with Gasteiger partial charge in [-0.2, -0.15) is 5.26 Å². The minimum absolute atomic E-state index is 0.106. The number of nitrogens with one attached hydrogen (secondary N) is 1. The molecule has 0 bridgehead atoms. The molecule has 0 unspecified atom stereocenters. The van der Waals surface area contributed by atoms with E-state index in [-0.39, 0.29) is 17.9 Å². The first kappa shape index (κ1) is 13.0. The summed E-state index contributed by atoms with van der Waals surface area (Å²) in [5.74, 6) is -0.106. The van der Waals surface area contributed by atoms with Gasteiger partial charge in [-0.1, -0.05) is 12.1 Å². The Labute approximate surface area is 106 Å². The van der Waals surface area contributed by atoms with E-state index in [1.807, 2.05) is 6.07 Å². The van der Waals surface area contributed by atoms with Crippen LogP contribution in [0.25, 0.3) is 0 Å². The summed E-state index contributed by atoms with van der Waals surface area (Å²) in [5.41, 5.74) is 1.15. The van der Waals surface area contributed by atoms with Gasteiger partial charge in [0.05, 0.1) is 23.5 Å². The van der Waals surface area contributed by atoms with Crippen LogP contribution in [0.5, 0.6) is 0 Å². The molecule has 0 aliphatic heterocycles. The number of aliphatic hydroxyl groups is 1. The third-order valence-corrected chi connectivity index (χ3v) is 4.30. The third kappa shape index (κ3) is 3.29. The van der Waals surface area contributed by atoms with Crippen molar-refractivity contribution < 1.29 is 13.5 Å². The smallest absolute Gasteiger partial charge is 0.216 e. The Kier molecular flexibility index (Phi) is 3.66. The van der Waals surface area contributed by atoms with E-state index in [0.29, 0.717) is 24.0 Å². The van der Waals surface area contributed by atoms with Crippen LogP contribution in [0, 0.1) is 11.3 Å². The molecule has 1 fully saturated rings. The molecule has 0 atom stereocenters. The second-order valence-corrected chi connectivity index (χ2v) is 6.26. The zero-order chi connectivity index (χ0) is 13.2. The van der Waals surface area contributed by atoms with E-state index in [1.165, 1.54) is 0 Å². The molecule has 5 nitrogen and oxygen atoms in total. The highest BCUT2D eigenvalue weighted by Gasteiger charge is 2.30. The fourth-order valence-electron chi connectivity index (χ4n) is 1.87. The van der Waals surface area contributed by atoms with Crippen LogP contribution in [0.15, 0.2) is 24.3 Å². The molecule has 1 aromatic rings. The van der Waals surface area contributed by atoms with Gasteiger partial charge in [0.25, 0.3) is 0 Å². The minimum Gasteiger partial charge on any atom is -0.393 e. The minimum atomic E-state index is -3.38. The molecular formula is C12H14N2O3S. The summed E-state index contributed by atoms with van der Waals surface area (Å²) < 4.78 is 26.2. The summed E-state index contributed by atoms with van der Waals surface area (Å²) in [4.78, 5) is 0. The molecule has 0 aromatic heterocycles. The highest BCUT2D eigenvalue weighted by atomic mass is 32.2. The zero-order valence-electron chi connectivity index (χ0n) is 9.70. The Balaban J connectivity index is 1.97. The maximum absolute atomic E-state index is 11.8. The van der Waals surface area contributed by atoms with Crippen LogP contribution in [-0.4, -0.2) is 25.7 Å². The number of nitrogens with zero attached hydrogens (tertiary/aromatic N) is 1. The van der Waals surface area contributed by atoms with Crippen molar-refractivity contribution in [3.63, 3.8) is 0 Å². The van der Waals surface area contributed by atoms with Crippen molar-refractivity contribution in [2.45, 2.75) is 30.7 Å². The first-order valence-electron chi connectivity index (χ1n) is 5.65. The fourth-order valence-corrected chi connectivity index (χ4v) is 3.29. The van der Waals surface area contributed by atoms with Gasteiger partial charge < -0.3 is 5.11 Å². The quantitative estimate of drug-likeness (QED) is 0.830. The molecule has 6 heteroatoms. The lowest BCUT2D eigenvalue weighted by atomic mass is 9.91. The Morgan fingerprint density at radius 1 is 1.33 bits per heavy atom. The van der Waals surface area contributed by atoms with Crippen LogP contribution >= 0.6 is 0 Å². The maximum atomic E-state index is 11.8. The molecule has 2 N–H and O–H groups in total. The van der Waals surface area contributed by atoms with Gasteiger partial charge in [0, 0.05) is 6.04 Å². The second kappa shape index (κ2) is 5.06. The van der Waals surface area contributed by atoms with Crippen molar-refractivity contribution in [1.82, 2.24) is 4.72 Å². The topological polar surface area (TPSA) is 90.2 Å². The van der Waals surface area contributed by atoms with Crippen molar-refractivity contribution >= 4 is 10.0 Å². The van der Waals surface area contributed by atoms with Gasteiger partial charge in [0.15, 0.2) is 0 Å². The van der Waals surface area contributed by atoms with E-state index in [9.17, 15) is 8.42 Å². The molecule has 0 saturated heterocycles. The summed E-state index contributed by atoms with van der Waals surface area (Å²) in [7, 11) is -3.38. The second-order valence-electron chi connectivity index (χ2n) is 4.51. The molecule has 1 aliphatic rings. The lowest BCUT2D eigenvalue weighted by molar-refractivity contribution is 0.0712. The molecule has 2 rings (SSSR count). The van der Waals surface area contributed by atoms with E-state index in [4.69, 9.17) is 10.4 Å². The summed E-state index contributed by atoms with van der Waals surface area (Å²) in [5, 5.41) is 17.7. The molecule has 18 heavy (non-hydrogen) atoms. The van der Waals surface area contributed by atoms with Crippen LogP contribution in [0.2, 0.25) is 0 Å². The standard InChI is InChI=1S/C12H14N2O3S/c13-7-9-1-3-10(4-2-9)8-18(16,17)14-11-5-12(15)6-11/h1-4,11-12,14-15H,5-6,8H2. The molecule has 0 spiro atoms. The van der Waals surface area contributed by atoms with Crippen molar-refractivity contribution in [3.05, 3.63) is 35.4 Å². The highest BCUT2D eigenvalue weighted by molar-refractivity contribution is 7.88. The Bertz CT molecular complexity index is 554. The Hall–Kier alpha value is -1.42. The average Bonchev–Trinajstić information content (AvgIpc) is 2.27. The van der Waals surface area contributed by atoms with E-state index >= 15 is 0 Å². The van der Waals surface area contributed by atoms with Crippen LogP contribution in [0.3, 0.4) is 0 Å². The van der Waals surface area contributed by atoms with Crippen LogP contribution < -0.4 is 4.72 Å². The molecule has 0 amide bonds. The van der Waals surface area contributed by atoms with E-state index in [1.54, 1.807) is 24.3 Å². The lowest BCUT2D eigenvalue weighted by Gasteiger charge is -2.31. The predicted octanol–water partition coefficient (Wildman–Crippen LogP) is 0.501. The Morgan fingerprint density at radius 3 is 2.44 bits per heavy atom. The number of aliphatic hydroxyl groups excluding tert-OH is 1. The average molecular weight is 266 g/mol. The fraction of sp³-hybridized carbons (Fsp3) is 0.417. The summed E-state index contributed by atoms with van der Waals surface area (Å²) in [6.07, 6.45) is 0.576. The van der Waals surface area contributed by atoms with E-state index in [2.05, 4.69) is 4.72 Å². The van der Waals surface area contributed by atoms with Crippen molar-refractivity contribution in [1.29, 1.82) is 5.26 Å². The molecule has 1 aromatic carbocycles. The molecule has 96 valence electrons. The molecule has 0 heterocycles. The van der Waals surface area contributed by atoms with E-state index < -0.39 is 10.0 Å². The van der Waals surface area contributed by atoms with Crippen LogP contribution in [-0.2, 0) is 15.8 Å². The normalized spacial score (nSPS) is 23.1. The number of benzene rings is 1. The van der Waals surface area contributed by atoms with Crippen LogP contribution in [0.1, 0.15) is 24.0 Å². The van der Waals surface area contributed by atoms with Gasteiger partial charge in [-0.3, -0.25) is 0 Å². The zero-order valence-corrected chi connectivity index (χ0v) is 10.5. The molecule has 1 aliphatic carbocycles. The summed E-state index contributed by atoms with van der Waals surface area (Å²) >= 11 is 0. The molecule has 0 radical (unpaired) electrons. The van der Waals surface area contributed by atoms with Gasteiger partial charge in [-0.25, -0.2) is 13.1 Å².